The van der Waals surface area contributed by atoms with E-state index in [9.17, 15) is 0 Å². The Morgan fingerprint density at radius 3 is 3.05 bits per heavy atom. The van der Waals surface area contributed by atoms with Crippen molar-refractivity contribution in [3.8, 4) is 0 Å². The highest BCUT2D eigenvalue weighted by molar-refractivity contribution is 7.16. The average Bonchev–Trinajstić information content (AvgIpc) is 3.23. The number of anilines is 1. The largest absolute Gasteiger partial charge is 0.362 e. The van der Waals surface area contributed by atoms with Crippen molar-refractivity contribution in [3.63, 3.8) is 0 Å². The quantitative estimate of drug-likeness (QED) is 0.799. The molecule has 1 N–H and O–H groups in total. The van der Waals surface area contributed by atoms with Crippen molar-refractivity contribution in [2.24, 2.45) is 0 Å². The Kier molecular flexibility index (Phi) is 3.72. The van der Waals surface area contributed by atoms with Crippen LogP contribution in [0.5, 0.6) is 0 Å². The zero-order chi connectivity index (χ0) is 14.8. The number of fused-ring (bicyclic) bond motifs is 1. The van der Waals surface area contributed by atoms with E-state index in [0.717, 1.165) is 21.9 Å². The number of aromatic nitrogens is 5. The lowest BCUT2D eigenvalue weighted by Gasteiger charge is -2.24. The van der Waals surface area contributed by atoms with E-state index in [1.807, 2.05) is 17.8 Å². The number of rotatable bonds is 4. The SMILES string of the molecule is c1nc(NCc2nncn2C2CCCCC2)c2ccsc2n1. The Hall–Kier alpha value is -2.02. The molecule has 3 aromatic heterocycles. The Bertz CT molecular complexity index is 758. The second-order valence-corrected chi connectivity index (χ2v) is 6.56. The van der Waals surface area contributed by atoms with Crippen molar-refractivity contribution in [2.45, 2.75) is 44.7 Å². The summed E-state index contributed by atoms with van der Waals surface area (Å²) in [6.07, 6.45) is 9.89. The molecule has 0 amide bonds. The zero-order valence-corrected chi connectivity index (χ0v) is 13.1. The summed E-state index contributed by atoms with van der Waals surface area (Å²) < 4.78 is 2.23. The van der Waals surface area contributed by atoms with Crippen LogP contribution in [0.3, 0.4) is 0 Å². The summed E-state index contributed by atoms with van der Waals surface area (Å²) in [5.74, 6) is 1.85. The molecule has 0 bridgehead atoms. The minimum Gasteiger partial charge on any atom is -0.362 e. The minimum atomic E-state index is 0.548. The van der Waals surface area contributed by atoms with Crippen molar-refractivity contribution in [1.29, 1.82) is 0 Å². The second-order valence-electron chi connectivity index (χ2n) is 5.66. The fourth-order valence-electron chi connectivity index (χ4n) is 3.15. The van der Waals surface area contributed by atoms with Crippen LogP contribution < -0.4 is 5.32 Å². The molecule has 0 atom stereocenters. The molecule has 1 aliphatic carbocycles. The smallest absolute Gasteiger partial charge is 0.152 e. The summed E-state index contributed by atoms with van der Waals surface area (Å²) in [4.78, 5) is 9.63. The number of nitrogens with zero attached hydrogens (tertiary/aromatic N) is 5. The first-order valence-corrected chi connectivity index (χ1v) is 8.60. The van der Waals surface area contributed by atoms with Gasteiger partial charge in [0.05, 0.1) is 11.9 Å². The third kappa shape index (κ3) is 2.56. The van der Waals surface area contributed by atoms with Gasteiger partial charge in [0.1, 0.15) is 23.3 Å². The minimum absolute atomic E-state index is 0.548. The molecular formula is C15H18N6S. The van der Waals surface area contributed by atoms with Gasteiger partial charge < -0.3 is 9.88 Å². The fourth-order valence-corrected chi connectivity index (χ4v) is 3.88. The van der Waals surface area contributed by atoms with Crippen molar-refractivity contribution in [3.05, 3.63) is 29.9 Å². The first kappa shape index (κ1) is 13.6. The molecule has 3 heterocycles. The van der Waals surface area contributed by atoms with Crippen LogP contribution in [-0.2, 0) is 6.54 Å². The van der Waals surface area contributed by atoms with E-state index in [1.165, 1.54) is 32.1 Å². The third-order valence-electron chi connectivity index (χ3n) is 4.29. The van der Waals surface area contributed by atoms with Gasteiger partial charge in [-0.05, 0) is 24.3 Å². The van der Waals surface area contributed by atoms with Gasteiger partial charge in [0.25, 0.3) is 0 Å². The highest BCUT2D eigenvalue weighted by Crippen LogP contribution is 2.29. The average molecular weight is 314 g/mol. The Morgan fingerprint density at radius 2 is 2.14 bits per heavy atom. The molecule has 4 rings (SSSR count). The van der Waals surface area contributed by atoms with E-state index in [-0.39, 0.29) is 0 Å². The number of hydrogen-bond donors (Lipinski definition) is 1. The molecule has 0 radical (unpaired) electrons. The van der Waals surface area contributed by atoms with E-state index in [1.54, 1.807) is 17.7 Å². The summed E-state index contributed by atoms with van der Waals surface area (Å²) in [6, 6.07) is 2.60. The number of hydrogen-bond acceptors (Lipinski definition) is 6. The summed E-state index contributed by atoms with van der Waals surface area (Å²) >= 11 is 1.63. The first-order valence-electron chi connectivity index (χ1n) is 7.72. The molecule has 22 heavy (non-hydrogen) atoms. The van der Waals surface area contributed by atoms with E-state index in [0.29, 0.717) is 12.6 Å². The Balaban J connectivity index is 1.52. The van der Waals surface area contributed by atoms with Gasteiger partial charge in [0, 0.05) is 6.04 Å². The van der Waals surface area contributed by atoms with Crippen molar-refractivity contribution < 1.29 is 0 Å². The predicted molar refractivity (Wildman–Crippen MR) is 86.9 cm³/mol. The molecule has 1 fully saturated rings. The first-order chi connectivity index (χ1) is 10.9. The van der Waals surface area contributed by atoms with Crippen LogP contribution in [0.1, 0.15) is 44.0 Å². The van der Waals surface area contributed by atoms with Crippen LogP contribution in [0.25, 0.3) is 10.2 Å². The van der Waals surface area contributed by atoms with E-state index >= 15 is 0 Å². The molecular weight excluding hydrogens is 296 g/mol. The van der Waals surface area contributed by atoms with Crippen LogP contribution in [0.2, 0.25) is 0 Å². The topological polar surface area (TPSA) is 68.5 Å². The summed E-state index contributed by atoms with van der Waals surface area (Å²) in [5.41, 5.74) is 0. The molecule has 114 valence electrons. The van der Waals surface area contributed by atoms with Crippen molar-refractivity contribution in [1.82, 2.24) is 24.7 Å². The zero-order valence-electron chi connectivity index (χ0n) is 12.3. The molecule has 0 spiro atoms. The van der Waals surface area contributed by atoms with Gasteiger partial charge >= 0.3 is 0 Å². The van der Waals surface area contributed by atoms with E-state index in [4.69, 9.17) is 0 Å². The lowest BCUT2D eigenvalue weighted by molar-refractivity contribution is 0.346. The predicted octanol–water partition coefficient (Wildman–Crippen LogP) is 3.40. The van der Waals surface area contributed by atoms with Gasteiger partial charge in [-0.15, -0.1) is 21.5 Å². The van der Waals surface area contributed by atoms with Crippen molar-refractivity contribution >= 4 is 27.4 Å². The molecule has 7 heteroatoms. The normalized spacial score (nSPS) is 16.2. The van der Waals surface area contributed by atoms with Crippen LogP contribution in [0.4, 0.5) is 5.82 Å². The molecule has 0 saturated heterocycles. The summed E-state index contributed by atoms with van der Waals surface area (Å²) in [6.45, 7) is 0.637. The number of thiophene rings is 1. The van der Waals surface area contributed by atoms with E-state index in [2.05, 4.69) is 30.0 Å². The lowest BCUT2D eigenvalue weighted by Crippen LogP contribution is -2.17. The molecule has 1 aliphatic rings. The Morgan fingerprint density at radius 1 is 1.23 bits per heavy atom. The second kappa shape index (κ2) is 6.00. The standard InChI is InChI=1S/C15H18N6S/c1-2-4-11(5-3-1)21-10-19-20-13(21)8-16-14-12-6-7-22-15(12)18-9-17-14/h6-7,9-11H,1-5,8H2,(H,16,17,18). The fraction of sp³-hybridized carbons (Fsp3) is 0.467. The maximum Gasteiger partial charge on any atom is 0.152 e. The highest BCUT2D eigenvalue weighted by Gasteiger charge is 2.18. The summed E-state index contributed by atoms with van der Waals surface area (Å²) in [7, 11) is 0. The van der Waals surface area contributed by atoms with Crippen LogP contribution >= 0.6 is 11.3 Å². The third-order valence-corrected chi connectivity index (χ3v) is 5.11. The van der Waals surface area contributed by atoms with Crippen LogP contribution in [0.15, 0.2) is 24.1 Å². The molecule has 0 aliphatic heterocycles. The maximum atomic E-state index is 4.35. The van der Waals surface area contributed by atoms with Crippen LogP contribution in [-0.4, -0.2) is 24.7 Å². The lowest BCUT2D eigenvalue weighted by atomic mass is 9.95. The van der Waals surface area contributed by atoms with Crippen LogP contribution in [0, 0.1) is 0 Å². The molecule has 0 aromatic carbocycles. The Labute approximate surface area is 132 Å². The summed E-state index contributed by atoms with van der Waals surface area (Å²) in [5, 5.41) is 14.9. The van der Waals surface area contributed by atoms with Gasteiger partial charge in [-0.3, -0.25) is 0 Å². The van der Waals surface area contributed by atoms with Gasteiger partial charge in [-0.1, -0.05) is 19.3 Å². The van der Waals surface area contributed by atoms with Gasteiger partial charge in [-0.2, -0.15) is 0 Å². The monoisotopic (exact) mass is 314 g/mol. The number of nitrogens with one attached hydrogen (secondary N) is 1. The molecule has 1 saturated carbocycles. The molecule has 3 aromatic rings. The van der Waals surface area contributed by atoms with Crippen molar-refractivity contribution in [2.75, 3.05) is 5.32 Å². The van der Waals surface area contributed by atoms with Gasteiger partial charge in [0.15, 0.2) is 5.82 Å². The van der Waals surface area contributed by atoms with E-state index < -0.39 is 0 Å². The molecule has 6 nitrogen and oxygen atoms in total. The maximum absolute atomic E-state index is 4.35. The highest BCUT2D eigenvalue weighted by atomic mass is 32.1. The van der Waals surface area contributed by atoms with Gasteiger partial charge in [-0.25, -0.2) is 9.97 Å². The van der Waals surface area contributed by atoms with Gasteiger partial charge in [0.2, 0.25) is 0 Å². The molecule has 0 unspecified atom stereocenters.